The topological polar surface area (TPSA) is 290 Å². The number of halogens is 2. The van der Waals surface area contributed by atoms with Crippen LogP contribution in [0.1, 0.15) is 74.2 Å². The standard InChI is InChI=1S/C65H75B2F2N7O14/c1-34-16-15-17-35(2)62(84)73-53-44(57(82)51-45(60(88-9)39(6)56(81)52(51)58(53)83)33-89-29-24-49(87-8)36(3)59(90-40(7)77)38(5)55(80)37(4)54(34)79)31-70-71-32-50(78)76-27-25-75(26-28-76)48-23-22-42(68)30-47(48)72-64(86)61(65(66,67)41-18-11-10-12-19-41)74-63(85)43-20-13-14-21-46(43)69/h10-24,29-31,34,36-38,49,54-55,59,61,71,79-83H,25-28,32-33H2,1-9H3,(H,72,86)(H,73,84)(H,74,85)/b16-15+,29-24+,35-17-,70-31-/t34-,36+,37+,38+,49-,54-,55+,59+,61?/m0/s1. The second-order valence-corrected chi connectivity index (χ2v) is 22.5. The van der Waals surface area contributed by atoms with Gasteiger partial charge in [-0.05, 0) is 55.5 Å². The van der Waals surface area contributed by atoms with Gasteiger partial charge in [-0.15, -0.1) is 0 Å². The Labute approximate surface area is 523 Å². The van der Waals surface area contributed by atoms with E-state index >= 15 is 4.39 Å². The van der Waals surface area contributed by atoms with Crippen molar-refractivity contribution in [3.8, 4) is 23.0 Å². The highest BCUT2D eigenvalue weighted by molar-refractivity contribution is 6.42. The van der Waals surface area contributed by atoms with Crippen LogP contribution in [0.15, 0.2) is 114 Å². The van der Waals surface area contributed by atoms with Gasteiger partial charge in [0, 0.05) is 86.0 Å². The predicted octanol–water partition coefficient (Wildman–Crippen LogP) is 6.45. The number of phenols is 3. The lowest BCUT2D eigenvalue weighted by atomic mass is 9.47. The number of piperazine rings is 1. The van der Waals surface area contributed by atoms with E-state index in [9.17, 15) is 53.9 Å². The van der Waals surface area contributed by atoms with E-state index in [2.05, 4.69) is 26.5 Å². The smallest absolute Gasteiger partial charge is 0.302 e. The third kappa shape index (κ3) is 15.4. The molecule has 1 fully saturated rings. The third-order valence-electron chi connectivity index (χ3n) is 16.5. The molecule has 0 aliphatic carbocycles. The number of aliphatic hydroxyl groups is 2. The highest BCUT2D eigenvalue weighted by Gasteiger charge is 2.41. The number of ether oxygens (including phenoxy) is 4. The van der Waals surface area contributed by atoms with Crippen LogP contribution in [0.2, 0.25) is 0 Å². The first-order chi connectivity index (χ1) is 42.7. The number of anilines is 3. The quantitative estimate of drug-likeness (QED) is 0.0144. The van der Waals surface area contributed by atoms with Crippen molar-refractivity contribution in [2.24, 2.45) is 28.8 Å². The second kappa shape index (κ2) is 30.0. The SMILES string of the molecule is [B]C([B])(c1ccccc1)C(NC(=O)c1ccccc1F)C(=O)Nc1cc(F)ccc1N1CCN(C(=O)CN/N=C\c2c3c(O)c4c(O)c(C)c(OC)c(c4c2O)CO/C=C/[C@H](OC)[C@@H](C)[C@@H](OC(C)=O)[C@H](C)[C@H](O)[C@H](C)[C@@H](O)[C@@H](C)/C=C/C=C(/C)C(=O)N3)CC1. The van der Waals surface area contributed by atoms with Crippen molar-refractivity contribution in [2.45, 2.75) is 90.7 Å². The average Bonchev–Trinajstić information content (AvgIpc) is 0.849. The number of aliphatic hydroxyl groups excluding tert-OH is 2. The Morgan fingerprint density at radius 3 is 2.20 bits per heavy atom. The molecule has 3 aliphatic heterocycles. The predicted molar refractivity (Wildman–Crippen MR) is 337 cm³/mol. The van der Waals surface area contributed by atoms with E-state index in [0.29, 0.717) is 5.69 Å². The van der Waals surface area contributed by atoms with E-state index in [4.69, 9.17) is 34.6 Å². The molecule has 8 rings (SSSR count). The fraction of sp³-hybridized carbons (Fsp3) is 0.385. The van der Waals surface area contributed by atoms with Gasteiger partial charge in [0.15, 0.2) is 5.75 Å². The molecule has 21 nitrogen and oxygen atoms in total. The zero-order valence-electron chi connectivity index (χ0n) is 51.5. The van der Waals surface area contributed by atoms with Gasteiger partial charge in [0.05, 0.1) is 87.2 Å². The first kappa shape index (κ1) is 68.6. The molecule has 3 aliphatic rings. The number of hydrogen-bond donors (Lipinski definition) is 9. The van der Waals surface area contributed by atoms with Crippen molar-refractivity contribution in [2.75, 3.05) is 62.5 Å². The maximum absolute atomic E-state index is 15.0. The van der Waals surface area contributed by atoms with E-state index in [1.54, 1.807) is 75.1 Å². The Morgan fingerprint density at radius 2 is 1.54 bits per heavy atom. The normalized spacial score (nSPS) is 23.0. The van der Waals surface area contributed by atoms with Crippen LogP contribution < -0.4 is 31.0 Å². The Hall–Kier alpha value is -8.93. The molecule has 1 saturated heterocycles. The molecule has 0 spiro atoms. The van der Waals surface area contributed by atoms with Crippen molar-refractivity contribution in [1.82, 2.24) is 15.6 Å². The number of benzene rings is 5. The number of fused-ring (bicyclic) bond motifs is 15. The fourth-order valence-corrected chi connectivity index (χ4v) is 11.3. The number of carbonyl (C=O) groups is 5. The average molecular weight is 1240 g/mol. The Kier molecular flexibility index (Phi) is 22.9. The van der Waals surface area contributed by atoms with Gasteiger partial charge in [-0.25, -0.2) is 8.78 Å². The number of amides is 4. The van der Waals surface area contributed by atoms with Gasteiger partial charge < -0.3 is 75.7 Å². The Morgan fingerprint density at radius 1 is 0.867 bits per heavy atom. The molecule has 4 bridgehead atoms. The van der Waals surface area contributed by atoms with Crippen LogP contribution in [0.4, 0.5) is 25.8 Å². The molecule has 0 saturated carbocycles. The van der Waals surface area contributed by atoms with Gasteiger partial charge in [0.1, 0.15) is 54.2 Å². The highest BCUT2D eigenvalue weighted by atomic mass is 19.1. The van der Waals surface area contributed by atoms with Crippen LogP contribution >= 0.6 is 0 Å². The van der Waals surface area contributed by atoms with Crippen LogP contribution in [0.3, 0.4) is 0 Å². The zero-order valence-corrected chi connectivity index (χ0v) is 51.5. The Balaban J connectivity index is 1.15. The van der Waals surface area contributed by atoms with Crippen molar-refractivity contribution in [3.63, 3.8) is 0 Å². The summed E-state index contributed by atoms with van der Waals surface area (Å²) in [6.07, 6.45) is 4.58. The van der Waals surface area contributed by atoms with E-state index < -0.39 is 124 Å². The van der Waals surface area contributed by atoms with E-state index in [1.165, 1.54) is 88.6 Å². The molecule has 0 aromatic heterocycles. The van der Waals surface area contributed by atoms with Crippen molar-refractivity contribution in [3.05, 3.63) is 148 Å². The number of allylic oxidation sites excluding steroid dienone is 2. The maximum Gasteiger partial charge on any atom is 0.302 e. The van der Waals surface area contributed by atoms with Gasteiger partial charge >= 0.3 is 5.97 Å². The van der Waals surface area contributed by atoms with Crippen LogP contribution in [0.25, 0.3) is 10.8 Å². The minimum Gasteiger partial charge on any atom is -0.507 e. The van der Waals surface area contributed by atoms with Gasteiger partial charge in [-0.1, -0.05) is 94.0 Å². The number of aromatic hydroxyl groups is 3. The summed E-state index contributed by atoms with van der Waals surface area (Å²) in [7, 11) is 16.0. The molecule has 1 unspecified atom stereocenters. The molecular formula is C65H75B2F2N7O14. The molecule has 3 heterocycles. The number of nitrogens with zero attached hydrogens (tertiary/aromatic N) is 3. The summed E-state index contributed by atoms with van der Waals surface area (Å²) < 4.78 is 53.2. The molecule has 4 radical (unpaired) electrons. The summed E-state index contributed by atoms with van der Waals surface area (Å²) in [5, 5.41) is 68.8. The summed E-state index contributed by atoms with van der Waals surface area (Å²) in [4.78, 5) is 71.4. The van der Waals surface area contributed by atoms with Crippen LogP contribution in [-0.2, 0) is 45.2 Å². The molecule has 5 aromatic carbocycles. The van der Waals surface area contributed by atoms with Crippen molar-refractivity contribution >= 4 is 79.3 Å². The first-order valence-corrected chi connectivity index (χ1v) is 29.1. The number of methoxy groups -OCH3 is 2. The highest BCUT2D eigenvalue weighted by Crippen LogP contribution is 2.52. The van der Waals surface area contributed by atoms with Gasteiger partial charge in [-0.3, -0.25) is 24.0 Å². The molecule has 9 N–H and O–H groups in total. The lowest BCUT2D eigenvalue weighted by molar-refractivity contribution is -0.160. The summed E-state index contributed by atoms with van der Waals surface area (Å²) in [5.41, 5.74) is 2.55. The molecule has 90 heavy (non-hydrogen) atoms. The number of phenolic OH excluding ortho intramolecular Hbond substituents is 3. The van der Waals surface area contributed by atoms with Gasteiger partial charge in [0.2, 0.25) is 11.8 Å². The first-order valence-electron chi connectivity index (χ1n) is 29.1. The van der Waals surface area contributed by atoms with E-state index in [-0.39, 0.29) is 94.1 Å². The lowest BCUT2D eigenvalue weighted by Crippen LogP contribution is -2.58. The van der Waals surface area contributed by atoms with Crippen molar-refractivity contribution < 1.29 is 77.2 Å². The largest absolute Gasteiger partial charge is 0.507 e. The molecule has 9 atom stereocenters. The summed E-state index contributed by atoms with van der Waals surface area (Å²) in [6, 6.07) is 15.1. The Bertz CT molecular complexity index is 3580. The van der Waals surface area contributed by atoms with E-state index in [0.717, 1.165) is 18.3 Å². The fourth-order valence-electron chi connectivity index (χ4n) is 11.3. The summed E-state index contributed by atoms with van der Waals surface area (Å²) in [5.74, 6) is -9.67. The van der Waals surface area contributed by atoms with Gasteiger partial charge in [-0.2, -0.15) is 5.10 Å². The second-order valence-electron chi connectivity index (χ2n) is 22.5. The number of esters is 1. The summed E-state index contributed by atoms with van der Waals surface area (Å²) >= 11 is 0. The summed E-state index contributed by atoms with van der Waals surface area (Å²) in [6.45, 7) is 10.9. The van der Waals surface area contributed by atoms with E-state index in [1.807, 2.05) is 0 Å². The number of carbonyl (C=O) groups excluding carboxylic acids is 5. The van der Waals surface area contributed by atoms with Crippen molar-refractivity contribution in [1.29, 1.82) is 0 Å². The maximum atomic E-state index is 15.0. The number of hydrazone groups is 1. The molecule has 4 amide bonds. The molecule has 25 heteroatoms. The van der Waals surface area contributed by atoms with Crippen LogP contribution in [-0.4, -0.2) is 159 Å². The molecule has 474 valence electrons. The minimum atomic E-state index is -2.07. The van der Waals surface area contributed by atoms with Gasteiger partial charge in [0.25, 0.3) is 11.8 Å². The number of rotatable bonds is 14. The van der Waals surface area contributed by atoms with Crippen LogP contribution in [0, 0.1) is 42.2 Å². The number of hydrogen-bond acceptors (Lipinski definition) is 17. The number of nitrogens with one attached hydrogen (secondary N) is 4. The monoisotopic (exact) mass is 1240 g/mol. The van der Waals surface area contributed by atoms with Crippen LogP contribution in [0.5, 0.6) is 23.0 Å². The molecule has 5 aromatic rings. The third-order valence-corrected chi connectivity index (χ3v) is 16.5. The lowest BCUT2D eigenvalue weighted by Gasteiger charge is -2.38. The minimum absolute atomic E-state index is 0.0211. The molecular weight excluding hydrogens is 1160 g/mol. The zero-order chi connectivity index (χ0) is 65.9.